The second-order valence-corrected chi connectivity index (χ2v) is 8.11. The molecule has 7 unspecified atom stereocenters. The summed E-state index contributed by atoms with van der Waals surface area (Å²) in [4.78, 5) is 5.62. The van der Waals surface area contributed by atoms with E-state index in [0.717, 1.165) is 45.1 Å². The number of hydroxylamine groups is 1. The van der Waals surface area contributed by atoms with Crippen molar-refractivity contribution in [2.45, 2.75) is 74.5 Å². The van der Waals surface area contributed by atoms with Crippen LogP contribution in [0.3, 0.4) is 0 Å². The summed E-state index contributed by atoms with van der Waals surface area (Å²) in [6, 6.07) is 0.133. The number of nitrogens with one attached hydrogen (secondary N) is 3. The van der Waals surface area contributed by atoms with E-state index in [-0.39, 0.29) is 36.0 Å². The van der Waals surface area contributed by atoms with Crippen LogP contribution in [0.5, 0.6) is 0 Å². The minimum Gasteiger partial charge on any atom is -0.391 e. The molecular formula is C16H28ClN3O3. The summed E-state index contributed by atoms with van der Waals surface area (Å²) in [6.45, 7) is 1.51. The molecule has 2 aliphatic heterocycles. The van der Waals surface area contributed by atoms with Crippen LogP contribution in [0, 0.1) is 11.8 Å². The van der Waals surface area contributed by atoms with Crippen LogP contribution in [0.2, 0.25) is 0 Å². The first-order valence-corrected chi connectivity index (χ1v) is 9.48. The van der Waals surface area contributed by atoms with E-state index in [2.05, 4.69) is 16.1 Å². The normalized spacial score (nSPS) is 50.3. The van der Waals surface area contributed by atoms with Crippen molar-refractivity contribution in [2.75, 3.05) is 13.2 Å². The Hall–Kier alpha value is 0.0500. The number of halogens is 1. The van der Waals surface area contributed by atoms with Crippen LogP contribution in [-0.2, 0) is 9.57 Å². The summed E-state index contributed by atoms with van der Waals surface area (Å²) < 4.78 is 5.68. The number of fused-ring (bicyclic) bond motifs is 1. The Kier molecular flexibility index (Phi) is 5.11. The van der Waals surface area contributed by atoms with Gasteiger partial charge < -0.3 is 15.2 Å². The van der Waals surface area contributed by atoms with Gasteiger partial charge >= 0.3 is 0 Å². The zero-order valence-corrected chi connectivity index (χ0v) is 14.2. The van der Waals surface area contributed by atoms with Crippen molar-refractivity contribution >= 4 is 11.6 Å². The highest BCUT2D eigenvalue weighted by Crippen LogP contribution is 2.43. The van der Waals surface area contributed by atoms with Gasteiger partial charge in [0.05, 0.1) is 12.2 Å². The average Bonchev–Trinajstić information content (AvgIpc) is 3.24. The zero-order chi connectivity index (χ0) is 15.8. The number of hydrogen-bond donors (Lipinski definition) is 4. The minimum atomic E-state index is -0.268. The van der Waals surface area contributed by atoms with Gasteiger partial charge in [0, 0.05) is 24.6 Å². The maximum absolute atomic E-state index is 10.4. The largest absolute Gasteiger partial charge is 0.391 e. The van der Waals surface area contributed by atoms with E-state index in [1.807, 2.05) is 0 Å². The molecule has 0 radical (unpaired) electrons. The monoisotopic (exact) mass is 345 g/mol. The van der Waals surface area contributed by atoms with Crippen molar-refractivity contribution in [3.63, 3.8) is 0 Å². The minimum absolute atomic E-state index is 0.0625. The second-order valence-electron chi connectivity index (χ2n) is 7.49. The van der Waals surface area contributed by atoms with Crippen LogP contribution in [0.4, 0.5) is 0 Å². The topological polar surface area (TPSA) is 74.8 Å². The molecule has 6 nitrogen and oxygen atoms in total. The molecule has 0 aromatic carbocycles. The van der Waals surface area contributed by atoms with E-state index in [9.17, 15) is 5.11 Å². The highest BCUT2D eigenvalue weighted by molar-refractivity contribution is 6.20. The Morgan fingerprint density at radius 1 is 1.22 bits per heavy atom. The molecule has 4 rings (SSSR count). The van der Waals surface area contributed by atoms with Gasteiger partial charge in [-0.15, -0.1) is 11.6 Å². The van der Waals surface area contributed by atoms with Crippen LogP contribution in [0.25, 0.3) is 0 Å². The fraction of sp³-hybridized carbons (Fsp3) is 1.00. The first kappa shape index (κ1) is 16.5. The number of hydrogen-bond acceptors (Lipinski definition) is 6. The van der Waals surface area contributed by atoms with Crippen molar-refractivity contribution in [3.8, 4) is 0 Å². The molecule has 4 fully saturated rings. The van der Waals surface area contributed by atoms with Crippen molar-refractivity contribution < 1.29 is 14.7 Å². The zero-order valence-electron chi connectivity index (χ0n) is 13.4. The fourth-order valence-corrected chi connectivity index (χ4v) is 5.12. The van der Waals surface area contributed by atoms with Gasteiger partial charge in [0.15, 0.2) is 0 Å². The molecule has 2 saturated heterocycles. The Morgan fingerprint density at radius 3 is 2.96 bits per heavy atom. The van der Waals surface area contributed by atoms with Gasteiger partial charge in [0.1, 0.15) is 12.4 Å². The third-order valence-corrected chi connectivity index (χ3v) is 6.38. The Morgan fingerprint density at radius 2 is 2.13 bits per heavy atom. The molecule has 7 heteroatoms. The van der Waals surface area contributed by atoms with Crippen LogP contribution in [0.15, 0.2) is 0 Å². The number of aliphatic hydroxyl groups excluding tert-OH is 1. The maximum Gasteiger partial charge on any atom is 0.143 e. The molecule has 4 aliphatic rings. The first-order valence-electron chi connectivity index (χ1n) is 9.05. The van der Waals surface area contributed by atoms with Gasteiger partial charge in [-0.1, -0.05) is 0 Å². The molecule has 4 N–H and O–H groups in total. The number of rotatable bonds is 4. The van der Waals surface area contributed by atoms with Gasteiger partial charge in [-0.25, -0.2) is 0 Å². The third kappa shape index (κ3) is 3.54. The predicted molar refractivity (Wildman–Crippen MR) is 86.8 cm³/mol. The number of alkyl halides is 1. The van der Waals surface area contributed by atoms with Crippen molar-refractivity contribution in [1.82, 2.24) is 16.1 Å². The van der Waals surface area contributed by atoms with Crippen LogP contribution in [0.1, 0.15) is 38.5 Å². The highest BCUT2D eigenvalue weighted by atomic mass is 35.5. The van der Waals surface area contributed by atoms with Gasteiger partial charge in [0.2, 0.25) is 0 Å². The highest BCUT2D eigenvalue weighted by Gasteiger charge is 2.45. The SMILES string of the molecule is O[C@@H]1CC2CCC(Cl)CC2C1NCC1NC(C2CCCO2)NO1. The van der Waals surface area contributed by atoms with Crippen molar-refractivity contribution in [1.29, 1.82) is 0 Å². The lowest BCUT2D eigenvalue weighted by molar-refractivity contribution is -0.0000123. The molecule has 0 spiro atoms. The average molecular weight is 346 g/mol. The van der Waals surface area contributed by atoms with Crippen LogP contribution >= 0.6 is 11.6 Å². The summed E-state index contributed by atoms with van der Waals surface area (Å²) in [5.74, 6) is 1.11. The van der Waals surface area contributed by atoms with E-state index >= 15 is 0 Å². The summed E-state index contributed by atoms with van der Waals surface area (Å²) in [7, 11) is 0. The molecular weight excluding hydrogens is 318 g/mol. The van der Waals surface area contributed by atoms with E-state index in [4.69, 9.17) is 21.2 Å². The van der Waals surface area contributed by atoms with Gasteiger partial charge in [-0.3, -0.25) is 10.2 Å². The Bertz CT molecular complexity index is 410. The Balaban J connectivity index is 1.27. The van der Waals surface area contributed by atoms with Crippen LogP contribution in [-0.4, -0.2) is 54.3 Å². The summed E-state index contributed by atoms with van der Waals surface area (Å²) in [5, 5.41) is 17.6. The summed E-state index contributed by atoms with van der Waals surface area (Å²) >= 11 is 6.34. The lowest BCUT2D eigenvalue weighted by atomic mass is 9.80. The van der Waals surface area contributed by atoms with E-state index in [0.29, 0.717) is 18.4 Å². The van der Waals surface area contributed by atoms with E-state index in [1.165, 1.54) is 0 Å². The molecule has 2 saturated carbocycles. The van der Waals surface area contributed by atoms with E-state index < -0.39 is 0 Å². The van der Waals surface area contributed by atoms with Crippen LogP contribution < -0.4 is 16.1 Å². The maximum atomic E-state index is 10.4. The van der Waals surface area contributed by atoms with Gasteiger partial charge in [0.25, 0.3) is 0 Å². The van der Waals surface area contributed by atoms with Crippen molar-refractivity contribution in [3.05, 3.63) is 0 Å². The third-order valence-electron chi connectivity index (χ3n) is 5.98. The van der Waals surface area contributed by atoms with Crippen molar-refractivity contribution in [2.24, 2.45) is 11.8 Å². The number of aliphatic hydroxyl groups is 1. The summed E-state index contributed by atoms with van der Waals surface area (Å²) in [5.41, 5.74) is 3.04. The molecule has 0 amide bonds. The quantitative estimate of drug-likeness (QED) is 0.562. The van der Waals surface area contributed by atoms with Gasteiger partial charge in [-0.2, -0.15) is 5.48 Å². The molecule has 2 heterocycles. The molecule has 2 aliphatic carbocycles. The standard InChI is InChI=1S/C16H28ClN3O3/c17-10-4-3-9-6-12(21)15(11(9)7-10)18-8-14-19-16(20-23-14)13-2-1-5-22-13/h9-16,18-21H,1-8H2/t9?,10?,11?,12-,13?,14?,15?,16?/m1/s1. The molecule has 0 aromatic rings. The lowest BCUT2D eigenvalue weighted by Gasteiger charge is -2.32. The second kappa shape index (κ2) is 7.12. The van der Waals surface area contributed by atoms with E-state index in [1.54, 1.807) is 0 Å². The fourth-order valence-electron chi connectivity index (χ4n) is 4.79. The van der Waals surface area contributed by atoms with Gasteiger partial charge in [-0.05, 0) is 50.4 Å². The molecule has 132 valence electrons. The molecule has 0 bridgehead atoms. The summed E-state index contributed by atoms with van der Waals surface area (Å²) in [6.07, 6.45) is 6.22. The Labute approximate surface area is 142 Å². The molecule has 0 aromatic heterocycles. The first-order chi connectivity index (χ1) is 11.2. The number of ether oxygens (including phenoxy) is 1. The predicted octanol–water partition coefficient (Wildman–Crippen LogP) is 0.689. The lowest BCUT2D eigenvalue weighted by Crippen LogP contribution is -2.49. The molecule has 8 atom stereocenters. The smallest absolute Gasteiger partial charge is 0.143 e. The molecule has 23 heavy (non-hydrogen) atoms.